The molecular formula is C9H13NS. The van der Waals surface area contributed by atoms with E-state index in [9.17, 15) is 0 Å². The second-order valence-electron chi connectivity index (χ2n) is 3.06. The van der Waals surface area contributed by atoms with Crippen molar-refractivity contribution in [3.05, 3.63) is 28.0 Å². The first-order valence-electron chi connectivity index (χ1n) is 3.81. The minimum Gasteiger partial charge on any atom is -0.350 e. The highest BCUT2D eigenvalue weighted by molar-refractivity contribution is 7.71. The van der Waals surface area contributed by atoms with Crippen LogP contribution in [-0.2, 0) is 0 Å². The van der Waals surface area contributed by atoms with Crippen molar-refractivity contribution in [3.63, 3.8) is 0 Å². The van der Waals surface area contributed by atoms with Crippen molar-refractivity contribution in [3.8, 4) is 0 Å². The largest absolute Gasteiger partial charge is 0.350 e. The summed E-state index contributed by atoms with van der Waals surface area (Å²) in [6.45, 7) is 6.42. The van der Waals surface area contributed by atoms with Crippen molar-refractivity contribution in [1.29, 1.82) is 0 Å². The Bertz CT molecular complexity index is 299. The zero-order valence-electron chi connectivity index (χ0n) is 7.14. The second-order valence-corrected chi connectivity index (χ2v) is 3.50. The number of H-pyrrole nitrogens is 1. The molecule has 0 unspecified atom stereocenters. The lowest BCUT2D eigenvalue weighted by molar-refractivity contribution is 0.841. The molecule has 0 fully saturated rings. The predicted octanol–water partition coefficient (Wildman–Crippen LogP) is 3.18. The highest BCUT2D eigenvalue weighted by atomic mass is 32.1. The molecule has 1 aromatic rings. The number of aryl methyl sites for hydroxylation is 1. The smallest absolute Gasteiger partial charge is 0.103 e. The summed E-state index contributed by atoms with van der Waals surface area (Å²) in [7, 11) is 0. The van der Waals surface area contributed by atoms with Gasteiger partial charge in [-0.1, -0.05) is 32.1 Å². The maximum Gasteiger partial charge on any atom is 0.103 e. The Hall–Kier alpha value is -0.630. The molecule has 0 amide bonds. The van der Waals surface area contributed by atoms with Crippen LogP contribution in [0.4, 0.5) is 0 Å². The van der Waals surface area contributed by atoms with Gasteiger partial charge in [-0.15, -0.1) is 0 Å². The van der Waals surface area contributed by atoms with Crippen molar-refractivity contribution in [2.24, 2.45) is 0 Å². The van der Waals surface area contributed by atoms with Crippen LogP contribution >= 0.6 is 12.2 Å². The summed E-state index contributed by atoms with van der Waals surface area (Å²) in [5, 5.41) is 0. The topological polar surface area (TPSA) is 15.8 Å². The Morgan fingerprint density at radius 3 is 2.45 bits per heavy atom. The molecular weight excluding hydrogens is 154 g/mol. The molecule has 0 bridgehead atoms. The standard InChI is InChI=1S/C9H13NS/c1-6(2)8-4-5-9(11)10-7(8)3/h4-6H,1-3H3,(H,10,11). The van der Waals surface area contributed by atoms with E-state index in [1.807, 2.05) is 6.07 Å². The zero-order chi connectivity index (χ0) is 8.43. The van der Waals surface area contributed by atoms with Crippen LogP contribution in [0.5, 0.6) is 0 Å². The minimum atomic E-state index is 0.571. The normalized spacial score (nSPS) is 10.5. The van der Waals surface area contributed by atoms with E-state index in [2.05, 4.69) is 31.8 Å². The molecule has 1 N–H and O–H groups in total. The van der Waals surface area contributed by atoms with Gasteiger partial charge in [0.1, 0.15) is 4.64 Å². The first kappa shape index (κ1) is 8.47. The molecule has 0 aliphatic carbocycles. The Balaban J connectivity index is 3.20. The van der Waals surface area contributed by atoms with Crippen LogP contribution in [0.25, 0.3) is 0 Å². The number of rotatable bonds is 1. The highest BCUT2D eigenvalue weighted by Crippen LogP contribution is 2.16. The number of aromatic nitrogens is 1. The van der Waals surface area contributed by atoms with E-state index in [1.165, 1.54) is 11.3 Å². The first-order chi connectivity index (χ1) is 5.11. The van der Waals surface area contributed by atoms with Crippen molar-refractivity contribution in [1.82, 2.24) is 4.98 Å². The SMILES string of the molecule is Cc1[nH]c(=S)ccc1C(C)C. The molecule has 0 spiro atoms. The fourth-order valence-corrected chi connectivity index (χ4v) is 1.44. The predicted molar refractivity (Wildman–Crippen MR) is 50.5 cm³/mol. The molecule has 1 rings (SSSR count). The van der Waals surface area contributed by atoms with Gasteiger partial charge in [0, 0.05) is 5.69 Å². The van der Waals surface area contributed by atoms with E-state index < -0.39 is 0 Å². The lowest BCUT2D eigenvalue weighted by Crippen LogP contribution is -1.94. The van der Waals surface area contributed by atoms with E-state index in [0.717, 1.165) is 4.64 Å². The number of aromatic amines is 1. The lowest BCUT2D eigenvalue weighted by Gasteiger charge is -2.07. The van der Waals surface area contributed by atoms with Gasteiger partial charge in [-0.05, 0) is 24.5 Å². The summed E-state index contributed by atoms with van der Waals surface area (Å²) in [5.74, 6) is 0.571. The second kappa shape index (κ2) is 3.18. The van der Waals surface area contributed by atoms with Gasteiger partial charge in [-0.3, -0.25) is 0 Å². The van der Waals surface area contributed by atoms with Crippen LogP contribution in [0.1, 0.15) is 31.0 Å². The highest BCUT2D eigenvalue weighted by Gasteiger charge is 2.01. The number of pyridine rings is 1. The third kappa shape index (κ3) is 1.90. The van der Waals surface area contributed by atoms with Gasteiger partial charge in [0.15, 0.2) is 0 Å². The molecule has 0 atom stereocenters. The van der Waals surface area contributed by atoms with Crippen molar-refractivity contribution < 1.29 is 0 Å². The molecule has 1 aromatic heterocycles. The van der Waals surface area contributed by atoms with Gasteiger partial charge >= 0.3 is 0 Å². The molecule has 0 aromatic carbocycles. The fourth-order valence-electron chi connectivity index (χ4n) is 1.21. The molecule has 1 heterocycles. The van der Waals surface area contributed by atoms with E-state index >= 15 is 0 Å². The number of hydrogen-bond acceptors (Lipinski definition) is 1. The Morgan fingerprint density at radius 2 is 2.00 bits per heavy atom. The van der Waals surface area contributed by atoms with Crippen LogP contribution in [-0.4, -0.2) is 4.98 Å². The summed E-state index contributed by atoms with van der Waals surface area (Å²) < 4.78 is 0.812. The van der Waals surface area contributed by atoms with Crippen molar-refractivity contribution >= 4 is 12.2 Å². The molecule has 60 valence electrons. The Labute approximate surface area is 72.5 Å². The van der Waals surface area contributed by atoms with Crippen LogP contribution in [0, 0.1) is 11.6 Å². The van der Waals surface area contributed by atoms with Crippen LogP contribution < -0.4 is 0 Å². The molecule has 2 heteroatoms. The van der Waals surface area contributed by atoms with Crippen LogP contribution in [0.15, 0.2) is 12.1 Å². The van der Waals surface area contributed by atoms with E-state index in [-0.39, 0.29) is 0 Å². The summed E-state index contributed by atoms with van der Waals surface area (Å²) in [5.41, 5.74) is 2.53. The summed E-state index contributed by atoms with van der Waals surface area (Å²) >= 11 is 4.99. The molecule has 0 aliphatic heterocycles. The quantitative estimate of drug-likeness (QED) is 0.635. The Morgan fingerprint density at radius 1 is 1.36 bits per heavy atom. The third-order valence-corrected chi connectivity index (χ3v) is 2.02. The Kier molecular flexibility index (Phi) is 2.45. The molecule has 0 saturated heterocycles. The average Bonchev–Trinajstić information content (AvgIpc) is 1.85. The van der Waals surface area contributed by atoms with Crippen molar-refractivity contribution in [2.45, 2.75) is 26.7 Å². The first-order valence-corrected chi connectivity index (χ1v) is 4.22. The minimum absolute atomic E-state index is 0.571. The molecule has 0 aliphatic rings. The molecule has 0 radical (unpaired) electrons. The van der Waals surface area contributed by atoms with Gasteiger partial charge in [0.25, 0.3) is 0 Å². The monoisotopic (exact) mass is 167 g/mol. The maximum absolute atomic E-state index is 4.99. The molecule has 1 nitrogen and oxygen atoms in total. The number of nitrogens with one attached hydrogen (secondary N) is 1. The van der Waals surface area contributed by atoms with E-state index in [0.29, 0.717) is 5.92 Å². The van der Waals surface area contributed by atoms with Crippen LogP contribution in [0.2, 0.25) is 0 Å². The van der Waals surface area contributed by atoms with Gasteiger partial charge in [0.05, 0.1) is 0 Å². The van der Waals surface area contributed by atoms with Crippen molar-refractivity contribution in [2.75, 3.05) is 0 Å². The van der Waals surface area contributed by atoms with Gasteiger partial charge in [0.2, 0.25) is 0 Å². The summed E-state index contributed by atoms with van der Waals surface area (Å²) in [4.78, 5) is 3.13. The van der Waals surface area contributed by atoms with Gasteiger partial charge < -0.3 is 4.98 Å². The van der Waals surface area contributed by atoms with Crippen LogP contribution in [0.3, 0.4) is 0 Å². The van der Waals surface area contributed by atoms with E-state index in [1.54, 1.807) is 0 Å². The molecule has 0 saturated carbocycles. The number of hydrogen-bond donors (Lipinski definition) is 1. The van der Waals surface area contributed by atoms with Gasteiger partial charge in [-0.25, -0.2) is 0 Å². The lowest BCUT2D eigenvalue weighted by atomic mass is 10.0. The van der Waals surface area contributed by atoms with E-state index in [4.69, 9.17) is 12.2 Å². The zero-order valence-corrected chi connectivity index (χ0v) is 7.96. The third-order valence-electron chi connectivity index (χ3n) is 1.78. The van der Waals surface area contributed by atoms with Gasteiger partial charge in [-0.2, -0.15) is 0 Å². The molecule has 11 heavy (non-hydrogen) atoms. The average molecular weight is 167 g/mol. The fraction of sp³-hybridized carbons (Fsp3) is 0.444. The summed E-state index contributed by atoms with van der Waals surface area (Å²) in [6.07, 6.45) is 0. The summed E-state index contributed by atoms with van der Waals surface area (Å²) in [6, 6.07) is 4.04. The maximum atomic E-state index is 4.99.